The number of hydrogen-bond donors (Lipinski definition) is 3. The summed E-state index contributed by atoms with van der Waals surface area (Å²) < 4.78 is 0. The zero-order valence-corrected chi connectivity index (χ0v) is 10.2. The minimum Gasteiger partial charge on any atom is -0.508 e. The van der Waals surface area contributed by atoms with Crippen LogP contribution in [0.5, 0.6) is 11.5 Å². The Morgan fingerprint density at radius 3 is 2.47 bits per heavy atom. The Labute approximate surface area is 111 Å². The highest BCUT2D eigenvalue weighted by Crippen LogP contribution is 2.30. The van der Waals surface area contributed by atoms with Crippen molar-refractivity contribution >= 4 is 5.71 Å². The third kappa shape index (κ3) is 2.25. The molecule has 1 atom stereocenters. The average molecular weight is 254 g/mol. The van der Waals surface area contributed by atoms with E-state index >= 15 is 0 Å². The van der Waals surface area contributed by atoms with Crippen molar-refractivity contribution in [3.05, 3.63) is 59.7 Å². The van der Waals surface area contributed by atoms with Gasteiger partial charge in [-0.3, -0.25) is 0 Å². The summed E-state index contributed by atoms with van der Waals surface area (Å²) in [6, 6.07) is 14.2. The van der Waals surface area contributed by atoms with Crippen molar-refractivity contribution in [2.45, 2.75) is 12.5 Å². The van der Waals surface area contributed by atoms with Gasteiger partial charge in [-0.25, -0.2) is 0 Å². The molecule has 0 amide bonds. The van der Waals surface area contributed by atoms with E-state index in [1.807, 2.05) is 24.3 Å². The van der Waals surface area contributed by atoms with Crippen LogP contribution in [0.4, 0.5) is 0 Å². The number of hydrazone groups is 1. The fourth-order valence-electron chi connectivity index (χ4n) is 2.24. The predicted molar refractivity (Wildman–Crippen MR) is 73.2 cm³/mol. The second kappa shape index (κ2) is 4.65. The van der Waals surface area contributed by atoms with Crippen molar-refractivity contribution in [2.75, 3.05) is 0 Å². The van der Waals surface area contributed by atoms with Gasteiger partial charge in [-0.05, 0) is 35.9 Å². The van der Waals surface area contributed by atoms with Crippen molar-refractivity contribution in [1.29, 1.82) is 0 Å². The number of nitrogens with one attached hydrogen (secondary N) is 1. The molecule has 3 N–H and O–H groups in total. The van der Waals surface area contributed by atoms with Crippen LogP contribution < -0.4 is 5.43 Å². The van der Waals surface area contributed by atoms with Crippen LogP contribution in [0, 0.1) is 0 Å². The Morgan fingerprint density at radius 1 is 1.00 bits per heavy atom. The normalized spacial score (nSPS) is 17.9. The molecule has 2 aromatic carbocycles. The summed E-state index contributed by atoms with van der Waals surface area (Å²) in [4.78, 5) is 0. The molecule has 1 aliphatic heterocycles. The van der Waals surface area contributed by atoms with E-state index in [9.17, 15) is 10.2 Å². The number of rotatable bonds is 2. The lowest BCUT2D eigenvalue weighted by atomic mass is 9.98. The van der Waals surface area contributed by atoms with Gasteiger partial charge in [0.25, 0.3) is 0 Å². The Bertz CT molecular complexity index is 620. The quantitative estimate of drug-likeness (QED) is 0.771. The minimum absolute atomic E-state index is 0.00926. The van der Waals surface area contributed by atoms with Gasteiger partial charge in [0.15, 0.2) is 0 Å². The van der Waals surface area contributed by atoms with E-state index in [1.54, 1.807) is 24.3 Å². The molecule has 4 heteroatoms. The fraction of sp³-hybridized carbons (Fsp3) is 0.133. The lowest BCUT2D eigenvalue weighted by Gasteiger charge is -2.11. The Balaban J connectivity index is 1.80. The molecule has 0 aromatic heterocycles. The summed E-state index contributed by atoms with van der Waals surface area (Å²) in [5, 5.41) is 23.4. The number of phenolic OH excluding ortho intramolecular Hbond substituents is 2. The van der Waals surface area contributed by atoms with E-state index in [-0.39, 0.29) is 17.5 Å². The van der Waals surface area contributed by atoms with Crippen LogP contribution in [0.1, 0.15) is 23.6 Å². The van der Waals surface area contributed by atoms with Crippen LogP contribution in [0.15, 0.2) is 53.6 Å². The van der Waals surface area contributed by atoms with Crippen molar-refractivity contribution < 1.29 is 10.2 Å². The van der Waals surface area contributed by atoms with Crippen LogP contribution in [-0.4, -0.2) is 15.9 Å². The predicted octanol–water partition coefficient (Wildman–Crippen LogP) is 2.54. The molecule has 3 rings (SSSR count). The topological polar surface area (TPSA) is 64.9 Å². The maximum absolute atomic E-state index is 9.84. The van der Waals surface area contributed by atoms with E-state index in [0.29, 0.717) is 6.42 Å². The fourth-order valence-corrected chi connectivity index (χ4v) is 2.24. The number of nitrogens with zero attached hydrogens (tertiary/aromatic N) is 1. The molecular weight excluding hydrogens is 240 g/mol. The average Bonchev–Trinajstić information content (AvgIpc) is 2.89. The van der Waals surface area contributed by atoms with E-state index in [0.717, 1.165) is 16.8 Å². The second-order valence-corrected chi connectivity index (χ2v) is 4.55. The molecule has 0 saturated carbocycles. The molecule has 0 bridgehead atoms. The molecule has 96 valence electrons. The molecule has 1 heterocycles. The number of aromatic hydroxyl groups is 2. The largest absolute Gasteiger partial charge is 0.508 e. The summed E-state index contributed by atoms with van der Waals surface area (Å²) in [7, 11) is 0. The first-order valence-corrected chi connectivity index (χ1v) is 6.13. The summed E-state index contributed by atoms with van der Waals surface area (Å²) in [6.07, 6.45) is 0.711. The van der Waals surface area contributed by atoms with Crippen LogP contribution in [0.2, 0.25) is 0 Å². The van der Waals surface area contributed by atoms with Gasteiger partial charge in [0.1, 0.15) is 11.5 Å². The van der Waals surface area contributed by atoms with Crippen LogP contribution in [0.25, 0.3) is 0 Å². The van der Waals surface area contributed by atoms with E-state index in [4.69, 9.17) is 0 Å². The zero-order valence-electron chi connectivity index (χ0n) is 10.2. The highest BCUT2D eigenvalue weighted by molar-refractivity contribution is 6.01. The highest BCUT2D eigenvalue weighted by atomic mass is 16.3. The maximum Gasteiger partial charge on any atom is 0.120 e. The number of para-hydroxylation sites is 1. The van der Waals surface area contributed by atoms with Crippen molar-refractivity contribution in [3.63, 3.8) is 0 Å². The molecule has 2 aromatic rings. The summed E-state index contributed by atoms with van der Waals surface area (Å²) in [6.45, 7) is 0. The minimum atomic E-state index is -0.00926. The Morgan fingerprint density at radius 2 is 1.74 bits per heavy atom. The molecule has 0 saturated heterocycles. The molecule has 0 spiro atoms. The Kier molecular flexibility index (Phi) is 2.83. The summed E-state index contributed by atoms with van der Waals surface area (Å²) in [5.74, 6) is 0.523. The van der Waals surface area contributed by atoms with Gasteiger partial charge in [-0.1, -0.05) is 18.2 Å². The van der Waals surface area contributed by atoms with E-state index in [2.05, 4.69) is 10.5 Å². The van der Waals surface area contributed by atoms with Crippen molar-refractivity contribution in [3.8, 4) is 11.5 Å². The second-order valence-electron chi connectivity index (χ2n) is 4.55. The van der Waals surface area contributed by atoms with E-state index < -0.39 is 0 Å². The standard InChI is InChI=1S/C15H14N2O2/c18-11-7-5-10(6-8-11)13-9-14(17-16-13)12-3-1-2-4-15(12)19/h1-8,14,17-19H,9H2. The molecule has 0 aliphatic carbocycles. The first-order valence-electron chi connectivity index (χ1n) is 6.13. The maximum atomic E-state index is 9.84. The van der Waals surface area contributed by atoms with Gasteiger partial charge in [-0.2, -0.15) is 5.10 Å². The van der Waals surface area contributed by atoms with Crippen molar-refractivity contribution in [1.82, 2.24) is 5.43 Å². The number of benzene rings is 2. The Hall–Kier alpha value is -2.49. The monoisotopic (exact) mass is 254 g/mol. The van der Waals surface area contributed by atoms with Gasteiger partial charge in [0.05, 0.1) is 11.8 Å². The van der Waals surface area contributed by atoms with Crippen molar-refractivity contribution in [2.24, 2.45) is 5.10 Å². The molecule has 1 unspecified atom stereocenters. The van der Waals surface area contributed by atoms with Crippen LogP contribution in [0.3, 0.4) is 0 Å². The van der Waals surface area contributed by atoms with Crippen LogP contribution in [-0.2, 0) is 0 Å². The zero-order chi connectivity index (χ0) is 13.2. The molecule has 0 fully saturated rings. The molecule has 0 radical (unpaired) electrons. The lowest BCUT2D eigenvalue weighted by molar-refractivity contribution is 0.455. The first kappa shape index (κ1) is 11.6. The smallest absolute Gasteiger partial charge is 0.120 e. The molecule has 4 nitrogen and oxygen atoms in total. The van der Waals surface area contributed by atoms with Gasteiger partial charge in [-0.15, -0.1) is 0 Å². The molecule has 1 aliphatic rings. The first-order chi connectivity index (χ1) is 9.24. The molecular formula is C15H14N2O2. The number of phenols is 2. The lowest BCUT2D eigenvalue weighted by Crippen LogP contribution is -2.09. The third-order valence-corrected chi connectivity index (χ3v) is 3.27. The SMILES string of the molecule is Oc1ccc(C2=NNC(c3ccccc3O)C2)cc1. The van der Waals surface area contributed by atoms with Crippen LogP contribution >= 0.6 is 0 Å². The molecule has 19 heavy (non-hydrogen) atoms. The summed E-state index contributed by atoms with van der Waals surface area (Å²) in [5.41, 5.74) is 5.79. The van der Waals surface area contributed by atoms with E-state index in [1.165, 1.54) is 0 Å². The van der Waals surface area contributed by atoms with Gasteiger partial charge in [0.2, 0.25) is 0 Å². The van der Waals surface area contributed by atoms with Gasteiger partial charge in [0, 0.05) is 12.0 Å². The summed E-state index contributed by atoms with van der Waals surface area (Å²) >= 11 is 0. The van der Waals surface area contributed by atoms with Gasteiger partial charge < -0.3 is 15.6 Å². The highest BCUT2D eigenvalue weighted by Gasteiger charge is 2.23. The van der Waals surface area contributed by atoms with Gasteiger partial charge >= 0.3 is 0 Å². The third-order valence-electron chi connectivity index (χ3n) is 3.27. The number of hydrogen-bond acceptors (Lipinski definition) is 4.